The van der Waals surface area contributed by atoms with Crippen molar-refractivity contribution in [3.8, 4) is 0 Å². The van der Waals surface area contributed by atoms with E-state index in [0.29, 0.717) is 13.0 Å². The maximum atomic E-state index is 12.0. The van der Waals surface area contributed by atoms with Crippen LogP contribution >= 0.6 is 22.6 Å². The van der Waals surface area contributed by atoms with Crippen molar-refractivity contribution in [2.45, 2.75) is 18.4 Å². The lowest BCUT2D eigenvalue weighted by Gasteiger charge is -2.23. The summed E-state index contributed by atoms with van der Waals surface area (Å²) >= 11 is 2.17. The van der Waals surface area contributed by atoms with Crippen LogP contribution in [0.1, 0.15) is 12.0 Å². The van der Waals surface area contributed by atoms with Crippen LogP contribution in [0.5, 0.6) is 0 Å². The summed E-state index contributed by atoms with van der Waals surface area (Å²) in [6.45, 7) is 0.385. The van der Waals surface area contributed by atoms with Gasteiger partial charge in [-0.2, -0.15) is 0 Å². The third kappa shape index (κ3) is 3.44. The number of amides is 1. The monoisotopic (exact) mass is 375 g/mol. The molecule has 0 saturated carbocycles. The number of aliphatic carboxylic acids is 1. The molecule has 102 valence electrons. The molecule has 1 unspecified atom stereocenters. The van der Waals surface area contributed by atoms with E-state index in [4.69, 9.17) is 4.74 Å². The van der Waals surface area contributed by atoms with Gasteiger partial charge in [-0.05, 0) is 40.3 Å². The van der Waals surface area contributed by atoms with Crippen molar-refractivity contribution in [3.63, 3.8) is 0 Å². The van der Waals surface area contributed by atoms with Gasteiger partial charge in [0, 0.05) is 16.6 Å². The molecule has 5 nitrogen and oxygen atoms in total. The fourth-order valence-electron chi connectivity index (χ4n) is 2.03. The largest absolute Gasteiger partial charge is 0.479 e. The quantitative estimate of drug-likeness (QED) is 0.776. The molecule has 1 fully saturated rings. The number of ether oxygens (including phenoxy) is 1. The third-order valence-corrected chi connectivity index (χ3v) is 3.73. The van der Waals surface area contributed by atoms with Gasteiger partial charge in [-0.1, -0.05) is 12.1 Å². The Morgan fingerprint density at radius 2 is 2.26 bits per heavy atom. The highest BCUT2D eigenvalue weighted by molar-refractivity contribution is 14.1. The Kier molecular flexibility index (Phi) is 4.41. The van der Waals surface area contributed by atoms with E-state index < -0.39 is 11.5 Å². The molecule has 0 aliphatic carbocycles. The van der Waals surface area contributed by atoms with E-state index in [1.54, 1.807) is 0 Å². The molecular weight excluding hydrogens is 361 g/mol. The van der Waals surface area contributed by atoms with Gasteiger partial charge in [-0.25, -0.2) is 4.79 Å². The molecule has 1 aliphatic heterocycles. The Hall–Kier alpha value is -1.15. The number of halogens is 1. The molecular formula is C13H14INO4. The number of benzene rings is 1. The molecule has 6 heteroatoms. The van der Waals surface area contributed by atoms with Gasteiger partial charge in [0.05, 0.1) is 13.0 Å². The zero-order valence-electron chi connectivity index (χ0n) is 10.2. The predicted molar refractivity (Wildman–Crippen MR) is 76.8 cm³/mol. The van der Waals surface area contributed by atoms with Crippen LogP contribution in [0.3, 0.4) is 0 Å². The van der Waals surface area contributed by atoms with E-state index in [9.17, 15) is 14.7 Å². The maximum Gasteiger partial charge on any atom is 0.331 e. The van der Waals surface area contributed by atoms with Crippen LogP contribution < -0.4 is 5.32 Å². The molecule has 2 rings (SSSR count). The molecule has 0 aromatic heterocycles. The van der Waals surface area contributed by atoms with Crippen molar-refractivity contribution < 1.29 is 19.4 Å². The highest BCUT2D eigenvalue weighted by atomic mass is 127. The first kappa shape index (κ1) is 14.3. The van der Waals surface area contributed by atoms with Crippen molar-refractivity contribution in [1.29, 1.82) is 0 Å². The van der Waals surface area contributed by atoms with Gasteiger partial charge in [-0.15, -0.1) is 0 Å². The number of carbonyl (C=O) groups excluding carboxylic acids is 1. The van der Waals surface area contributed by atoms with Crippen molar-refractivity contribution >= 4 is 34.5 Å². The van der Waals surface area contributed by atoms with Gasteiger partial charge < -0.3 is 15.2 Å². The molecule has 1 saturated heterocycles. The van der Waals surface area contributed by atoms with E-state index >= 15 is 0 Å². The Labute approximate surface area is 124 Å². The topological polar surface area (TPSA) is 75.6 Å². The summed E-state index contributed by atoms with van der Waals surface area (Å²) in [7, 11) is 0. The smallest absolute Gasteiger partial charge is 0.331 e. The summed E-state index contributed by atoms with van der Waals surface area (Å²) in [5.41, 5.74) is -0.400. The molecule has 2 N–H and O–H groups in total. The molecule has 19 heavy (non-hydrogen) atoms. The molecule has 1 atom stereocenters. The van der Waals surface area contributed by atoms with Gasteiger partial charge in [0.25, 0.3) is 0 Å². The highest BCUT2D eigenvalue weighted by Gasteiger charge is 2.43. The lowest BCUT2D eigenvalue weighted by atomic mass is 9.98. The summed E-state index contributed by atoms with van der Waals surface area (Å²) in [4.78, 5) is 23.2. The second-order valence-electron chi connectivity index (χ2n) is 4.54. The number of rotatable bonds is 4. The minimum Gasteiger partial charge on any atom is -0.479 e. The van der Waals surface area contributed by atoms with Crippen LogP contribution in [0.15, 0.2) is 24.3 Å². The van der Waals surface area contributed by atoms with Crippen LogP contribution in [0.25, 0.3) is 0 Å². The van der Waals surface area contributed by atoms with Crippen molar-refractivity contribution in [1.82, 2.24) is 5.32 Å². The van der Waals surface area contributed by atoms with Crippen LogP contribution in [0, 0.1) is 3.57 Å². The minimum atomic E-state index is -1.26. The van der Waals surface area contributed by atoms with E-state index in [1.807, 2.05) is 24.3 Å². The highest BCUT2D eigenvalue weighted by Crippen LogP contribution is 2.19. The van der Waals surface area contributed by atoms with Gasteiger partial charge in [-0.3, -0.25) is 4.79 Å². The van der Waals surface area contributed by atoms with Crippen LogP contribution in [-0.2, 0) is 20.7 Å². The summed E-state index contributed by atoms with van der Waals surface area (Å²) < 4.78 is 6.14. The lowest BCUT2D eigenvalue weighted by Crippen LogP contribution is -2.55. The van der Waals surface area contributed by atoms with E-state index in [0.717, 1.165) is 9.13 Å². The van der Waals surface area contributed by atoms with Gasteiger partial charge >= 0.3 is 5.97 Å². The Morgan fingerprint density at radius 1 is 1.47 bits per heavy atom. The van der Waals surface area contributed by atoms with E-state index in [1.165, 1.54) is 0 Å². The zero-order chi connectivity index (χ0) is 13.9. The Balaban J connectivity index is 2.02. The van der Waals surface area contributed by atoms with Crippen LogP contribution in [0.4, 0.5) is 0 Å². The number of hydrogen-bond acceptors (Lipinski definition) is 3. The fraction of sp³-hybridized carbons (Fsp3) is 0.385. The van der Waals surface area contributed by atoms with Gasteiger partial charge in [0.15, 0.2) is 5.54 Å². The summed E-state index contributed by atoms with van der Waals surface area (Å²) in [5, 5.41) is 11.8. The number of carbonyl (C=O) groups is 2. The first-order valence-electron chi connectivity index (χ1n) is 5.88. The lowest BCUT2D eigenvalue weighted by molar-refractivity contribution is -0.147. The summed E-state index contributed by atoms with van der Waals surface area (Å²) in [5.74, 6) is -1.34. The molecule has 0 radical (unpaired) electrons. The number of hydrogen-bond donors (Lipinski definition) is 2. The van der Waals surface area contributed by atoms with E-state index in [-0.39, 0.29) is 18.9 Å². The average Bonchev–Trinajstić information content (AvgIpc) is 2.78. The second-order valence-corrected chi connectivity index (χ2v) is 5.79. The number of carboxylic acids is 1. The summed E-state index contributed by atoms with van der Waals surface area (Å²) in [6, 6.07) is 7.56. The normalized spacial score (nSPS) is 22.2. The summed E-state index contributed by atoms with van der Waals surface area (Å²) in [6.07, 6.45) is 0.478. The third-order valence-electron chi connectivity index (χ3n) is 3.06. The van der Waals surface area contributed by atoms with Crippen molar-refractivity contribution in [3.05, 3.63) is 33.4 Å². The van der Waals surface area contributed by atoms with Crippen LogP contribution in [0.2, 0.25) is 0 Å². The molecule has 1 aliphatic rings. The molecule has 1 amide bonds. The molecule has 0 spiro atoms. The first-order valence-corrected chi connectivity index (χ1v) is 6.96. The Bertz CT molecular complexity index is 497. The van der Waals surface area contributed by atoms with Crippen LogP contribution in [-0.4, -0.2) is 35.7 Å². The van der Waals surface area contributed by atoms with Gasteiger partial charge in [0.1, 0.15) is 0 Å². The fourth-order valence-corrected chi connectivity index (χ4v) is 2.64. The maximum absolute atomic E-state index is 12.0. The first-order chi connectivity index (χ1) is 9.02. The standard InChI is InChI=1S/C13H14INO4/c14-10-3-1-2-9(6-10)7-11(16)15-13(12(17)18)4-5-19-8-13/h1-3,6H,4-5,7-8H2,(H,15,16)(H,17,18). The number of carboxylic acid groups (broad SMARTS) is 1. The average molecular weight is 375 g/mol. The Morgan fingerprint density at radius 3 is 2.84 bits per heavy atom. The molecule has 0 bridgehead atoms. The molecule has 1 aromatic rings. The SMILES string of the molecule is O=C(Cc1cccc(I)c1)NC1(C(=O)O)CCOC1. The second kappa shape index (κ2) is 5.87. The van der Waals surface area contributed by atoms with Crippen molar-refractivity contribution in [2.24, 2.45) is 0 Å². The van der Waals surface area contributed by atoms with Gasteiger partial charge in [0.2, 0.25) is 5.91 Å². The van der Waals surface area contributed by atoms with E-state index in [2.05, 4.69) is 27.9 Å². The van der Waals surface area contributed by atoms with Crippen molar-refractivity contribution in [2.75, 3.05) is 13.2 Å². The predicted octanol–water partition coefficient (Wildman–Crippen LogP) is 1.19. The minimum absolute atomic E-state index is 0.0282. The number of nitrogens with one attached hydrogen (secondary N) is 1. The zero-order valence-corrected chi connectivity index (χ0v) is 12.3. The molecule has 1 heterocycles. The molecule has 1 aromatic carbocycles.